The lowest BCUT2D eigenvalue weighted by molar-refractivity contribution is 0.0937. The van der Waals surface area contributed by atoms with E-state index in [0.717, 1.165) is 12.8 Å². The third-order valence-corrected chi connectivity index (χ3v) is 3.92. The van der Waals surface area contributed by atoms with E-state index >= 15 is 0 Å². The molecule has 1 aromatic rings. The molecular formula is C16H24N2O2. The van der Waals surface area contributed by atoms with Gasteiger partial charge in [0.25, 0.3) is 5.91 Å². The molecule has 3 N–H and O–H groups in total. The van der Waals surface area contributed by atoms with Gasteiger partial charge in [-0.25, -0.2) is 0 Å². The zero-order chi connectivity index (χ0) is 14.4. The molecule has 1 fully saturated rings. The number of hydrogen-bond acceptors (Lipinski definition) is 3. The molecule has 20 heavy (non-hydrogen) atoms. The maximum atomic E-state index is 12.3. The summed E-state index contributed by atoms with van der Waals surface area (Å²) in [7, 11) is 0. The van der Waals surface area contributed by atoms with Crippen LogP contribution in [-0.2, 0) is 0 Å². The van der Waals surface area contributed by atoms with Crippen LogP contribution >= 0.6 is 0 Å². The Labute approximate surface area is 120 Å². The lowest BCUT2D eigenvalue weighted by Crippen LogP contribution is -2.41. The maximum Gasteiger partial charge on any atom is 0.255 e. The van der Waals surface area contributed by atoms with E-state index in [1.807, 2.05) is 25.1 Å². The molecule has 1 aliphatic carbocycles. The van der Waals surface area contributed by atoms with E-state index in [2.05, 4.69) is 5.32 Å². The number of carbonyl (C=O) groups excluding carboxylic acids is 1. The molecule has 1 aromatic carbocycles. The Morgan fingerprint density at radius 2 is 2.10 bits per heavy atom. The summed E-state index contributed by atoms with van der Waals surface area (Å²) in [6, 6.07) is 7.56. The number of hydrogen-bond donors (Lipinski definition) is 2. The summed E-state index contributed by atoms with van der Waals surface area (Å²) < 4.78 is 5.49. The summed E-state index contributed by atoms with van der Waals surface area (Å²) in [6.07, 6.45) is 4.59. The molecule has 0 radical (unpaired) electrons. The molecule has 1 amide bonds. The molecule has 0 spiro atoms. The monoisotopic (exact) mass is 276 g/mol. The Hall–Kier alpha value is -1.55. The van der Waals surface area contributed by atoms with Gasteiger partial charge in [-0.2, -0.15) is 0 Å². The highest BCUT2D eigenvalue weighted by atomic mass is 16.5. The van der Waals surface area contributed by atoms with Crippen LogP contribution in [0.4, 0.5) is 0 Å². The van der Waals surface area contributed by atoms with Crippen molar-refractivity contribution in [3.05, 3.63) is 29.8 Å². The first kappa shape index (κ1) is 14.9. The highest BCUT2D eigenvalue weighted by molar-refractivity contribution is 5.96. The van der Waals surface area contributed by atoms with Crippen LogP contribution in [0, 0.1) is 5.92 Å². The van der Waals surface area contributed by atoms with Crippen LogP contribution in [0.5, 0.6) is 5.75 Å². The number of ether oxygens (including phenoxy) is 1. The standard InChI is InChI=1S/C16H24N2O2/c1-2-20-15-10-6-4-8-13(15)16(19)18-11-12-7-3-5-9-14(12)17/h4,6,8,10,12,14H,2-3,5,7,9,11,17H2,1H3,(H,18,19). The van der Waals surface area contributed by atoms with Crippen LogP contribution in [0.2, 0.25) is 0 Å². The third kappa shape index (κ3) is 3.73. The van der Waals surface area contributed by atoms with Crippen LogP contribution in [0.25, 0.3) is 0 Å². The zero-order valence-corrected chi connectivity index (χ0v) is 12.1. The van der Waals surface area contributed by atoms with Crippen molar-refractivity contribution < 1.29 is 9.53 Å². The van der Waals surface area contributed by atoms with Gasteiger partial charge in [0.1, 0.15) is 5.75 Å². The number of amides is 1. The van der Waals surface area contributed by atoms with Gasteiger partial charge in [-0.15, -0.1) is 0 Å². The fourth-order valence-electron chi connectivity index (χ4n) is 2.74. The third-order valence-electron chi connectivity index (χ3n) is 3.92. The molecule has 4 heteroatoms. The first-order valence-corrected chi connectivity index (χ1v) is 7.48. The molecule has 4 nitrogen and oxygen atoms in total. The van der Waals surface area contributed by atoms with Crippen molar-refractivity contribution in [2.45, 2.75) is 38.6 Å². The van der Waals surface area contributed by atoms with Crippen molar-refractivity contribution in [2.24, 2.45) is 11.7 Å². The van der Waals surface area contributed by atoms with Crippen LogP contribution in [0.3, 0.4) is 0 Å². The van der Waals surface area contributed by atoms with Gasteiger partial charge in [-0.3, -0.25) is 4.79 Å². The number of rotatable bonds is 5. The number of benzene rings is 1. The molecule has 0 aromatic heterocycles. The second-order valence-electron chi connectivity index (χ2n) is 5.35. The Morgan fingerprint density at radius 3 is 2.85 bits per heavy atom. The van der Waals surface area contributed by atoms with Crippen molar-refractivity contribution in [2.75, 3.05) is 13.2 Å². The van der Waals surface area contributed by atoms with Gasteiger partial charge in [0.2, 0.25) is 0 Å². The second kappa shape index (κ2) is 7.29. The predicted molar refractivity (Wildman–Crippen MR) is 79.9 cm³/mol. The van der Waals surface area contributed by atoms with E-state index in [9.17, 15) is 4.79 Å². The van der Waals surface area contributed by atoms with Crippen molar-refractivity contribution in [1.29, 1.82) is 0 Å². The molecule has 0 bridgehead atoms. The van der Waals surface area contributed by atoms with E-state index < -0.39 is 0 Å². The fourth-order valence-corrected chi connectivity index (χ4v) is 2.74. The summed E-state index contributed by atoms with van der Waals surface area (Å²) >= 11 is 0. The molecule has 2 unspecified atom stereocenters. The summed E-state index contributed by atoms with van der Waals surface area (Å²) in [5, 5.41) is 3.00. The van der Waals surface area contributed by atoms with Crippen LogP contribution in [0.15, 0.2) is 24.3 Å². The van der Waals surface area contributed by atoms with Gasteiger partial charge >= 0.3 is 0 Å². The average Bonchev–Trinajstić information content (AvgIpc) is 2.47. The molecule has 110 valence electrons. The van der Waals surface area contributed by atoms with Gasteiger partial charge < -0.3 is 15.8 Å². The quantitative estimate of drug-likeness (QED) is 0.867. The largest absolute Gasteiger partial charge is 0.493 e. The lowest BCUT2D eigenvalue weighted by atomic mass is 9.85. The predicted octanol–water partition coefficient (Wildman–Crippen LogP) is 2.33. The summed E-state index contributed by atoms with van der Waals surface area (Å²) in [5.74, 6) is 0.958. The molecular weight excluding hydrogens is 252 g/mol. The van der Waals surface area contributed by atoms with E-state index in [1.165, 1.54) is 12.8 Å². The normalized spacial score (nSPS) is 22.3. The van der Waals surface area contributed by atoms with Crippen LogP contribution in [-0.4, -0.2) is 25.1 Å². The Bertz CT molecular complexity index is 448. The molecule has 2 rings (SSSR count). The van der Waals surface area contributed by atoms with Crippen molar-refractivity contribution in [3.8, 4) is 5.75 Å². The van der Waals surface area contributed by atoms with Gasteiger partial charge in [-0.05, 0) is 37.8 Å². The molecule has 2 atom stereocenters. The van der Waals surface area contributed by atoms with Crippen LogP contribution in [0.1, 0.15) is 43.0 Å². The first-order chi connectivity index (χ1) is 9.72. The van der Waals surface area contributed by atoms with Gasteiger partial charge in [0.15, 0.2) is 0 Å². The van der Waals surface area contributed by atoms with E-state index in [1.54, 1.807) is 6.07 Å². The molecule has 0 heterocycles. The highest BCUT2D eigenvalue weighted by Gasteiger charge is 2.22. The van der Waals surface area contributed by atoms with E-state index in [4.69, 9.17) is 10.5 Å². The Kier molecular flexibility index (Phi) is 5.41. The molecule has 0 saturated heterocycles. The van der Waals surface area contributed by atoms with Crippen molar-refractivity contribution in [3.63, 3.8) is 0 Å². The molecule has 1 saturated carbocycles. The lowest BCUT2D eigenvalue weighted by Gasteiger charge is -2.28. The van der Waals surface area contributed by atoms with Gasteiger partial charge in [-0.1, -0.05) is 25.0 Å². The maximum absolute atomic E-state index is 12.3. The smallest absolute Gasteiger partial charge is 0.255 e. The number of nitrogens with two attached hydrogens (primary N) is 1. The van der Waals surface area contributed by atoms with E-state index in [0.29, 0.717) is 30.4 Å². The summed E-state index contributed by atoms with van der Waals surface area (Å²) in [4.78, 5) is 12.3. The van der Waals surface area contributed by atoms with Crippen LogP contribution < -0.4 is 15.8 Å². The topological polar surface area (TPSA) is 64.3 Å². The summed E-state index contributed by atoms with van der Waals surface area (Å²) in [6.45, 7) is 3.12. The van der Waals surface area contributed by atoms with Crippen molar-refractivity contribution >= 4 is 5.91 Å². The Morgan fingerprint density at radius 1 is 1.35 bits per heavy atom. The van der Waals surface area contributed by atoms with Gasteiger partial charge in [0, 0.05) is 12.6 Å². The Balaban J connectivity index is 1.94. The van der Waals surface area contributed by atoms with Crippen molar-refractivity contribution in [1.82, 2.24) is 5.32 Å². The van der Waals surface area contributed by atoms with Gasteiger partial charge in [0.05, 0.1) is 12.2 Å². The second-order valence-corrected chi connectivity index (χ2v) is 5.35. The average molecular weight is 276 g/mol. The fraction of sp³-hybridized carbons (Fsp3) is 0.562. The minimum absolute atomic E-state index is 0.0770. The SMILES string of the molecule is CCOc1ccccc1C(=O)NCC1CCCCC1N. The van der Waals surface area contributed by atoms with E-state index in [-0.39, 0.29) is 11.9 Å². The molecule has 1 aliphatic rings. The minimum atomic E-state index is -0.0770. The molecule has 0 aliphatic heterocycles. The highest BCUT2D eigenvalue weighted by Crippen LogP contribution is 2.23. The number of carbonyl (C=O) groups is 1. The summed E-state index contributed by atoms with van der Waals surface area (Å²) in [5.41, 5.74) is 6.70. The first-order valence-electron chi connectivity index (χ1n) is 7.48. The minimum Gasteiger partial charge on any atom is -0.493 e. The number of para-hydroxylation sites is 1. The number of nitrogens with one attached hydrogen (secondary N) is 1. The zero-order valence-electron chi connectivity index (χ0n) is 12.1.